The van der Waals surface area contributed by atoms with Crippen molar-refractivity contribution in [2.45, 2.75) is 32.9 Å². The Labute approximate surface area is 114 Å². The summed E-state index contributed by atoms with van der Waals surface area (Å²) in [5.41, 5.74) is 6.78. The number of aliphatic imine (C=N–C) groups is 1. The molecule has 0 aliphatic heterocycles. The molecule has 0 saturated carbocycles. The van der Waals surface area contributed by atoms with Crippen LogP contribution in [0.15, 0.2) is 29.3 Å². The highest BCUT2D eigenvalue weighted by molar-refractivity contribution is 5.92. The summed E-state index contributed by atoms with van der Waals surface area (Å²) in [6, 6.07) is 7.59. The Morgan fingerprint density at radius 1 is 1.37 bits per heavy atom. The number of nitrogens with zero attached hydrogens (tertiary/aromatic N) is 1. The summed E-state index contributed by atoms with van der Waals surface area (Å²) in [6.07, 6.45) is 1.04. The molecule has 0 radical (unpaired) electrons. The molecule has 4 N–H and O–H groups in total. The molecule has 1 rings (SSSR count). The molecule has 0 aliphatic rings. The number of guanidine groups is 1. The molecule has 1 aromatic rings. The van der Waals surface area contributed by atoms with Crippen molar-refractivity contribution < 1.29 is 4.79 Å². The molecule has 19 heavy (non-hydrogen) atoms. The number of carbonyl (C=O) groups excluding carboxylic acids is 1. The number of hydrogen-bond donors (Lipinski definition) is 3. The van der Waals surface area contributed by atoms with Crippen molar-refractivity contribution in [1.29, 1.82) is 0 Å². The summed E-state index contributed by atoms with van der Waals surface area (Å²) in [4.78, 5) is 15.1. The maximum absolute atomic E-state index is 11.0. The van der Waals surface area contributed by atoms with E-state index in [1.807, 2.05) is 12.1 Å². The molecule has 0 aliphatic carbocycles. The predicted molar refractivity (Wildman–Crippen MR) is 78.0 cm³/mol. The highest BCUT2D eigenvalue weighted by Crippen LogP contribution is 2.03. The second kappa shape index (κ2) is 7.41. The van der Waals surface area contributed by atoms with Crippen LogP contribution in [-0.2, 0) is 6.54 Å². The second-order valence-electron chi connectivity index (χ2n) is 4.44. The number of nitrogens with one attached hydrogen (secondary N) is 2. The van der Waals surface area contributed by atoms with Crippen LogP contribution in [0.2, 0.25) is 0 Å². The topological polar surface area (TPSA) is 79.5 Å². The van der Waals surface area contributed by atoms with Crippen molar-refractivity contribution in [1.82, 2.24) is 10.6 Å². The van der Waals surface area contributed by atoms with Gasteiger partial charge in [0.05, 0.1) is 0 Å². The van der Waals surface area contributed by atoms with Gasteiger partial charge in [-0.25, -0.2) is 0 Å². The van der Waals surface area contributed by atoms with Gasteiger partial charge in [-0.05, 0) is 31.0 Å². The highest BCUT2D eigenvalue weighted by Gasteiger charge is 2.03. The van der Waals surface area contributed by atoms with E-state index >= 15 is 0 Å². The van der Waals surface area contributed by atoms with E-state index in [1.165, 1.54) is 0 Å². The molecule has 5 heteroatoms. The van der Waals surface area contributed by atoms with Gasteiger partial charge in [-0.3, -0.25) is 9.79 Å². The summed E-state index contributed by atoms with van der Waals surface area (Å²) < 4.78 is 0. The fourth-order valence-electron chi connectivity index (χ4n) is 1.50. The van der Waals surface area contributed by atoms with Crippen molar-refractivity contribution >= 4 is 11.9 Å². The largest absolute Gasteiger partial charge is 0.366 e. The average molecular weight is 262 g/mol. The molecule has 1 atom stereocenters. The fraction of sp³-hybridized carbons (Fsp3) is 0.429. The molecular formula is C14H22N4O. The van der Waals surface area contributed by atoms with Gasteiger partial charge in [0.25, 0.3) is 0 Å². The number of nitrogens with two attached hydrogens (primary N) is 1. The molecule has 0 fully saturated rings. The quantitative estimate of drug-likeness (QED) is 0.552. The summed E-state index contributed by atoms with van der Waals surface area (Å²) in [7, 11) is 1.74. The van der Waals surface area contributed by atoms with Gasteiger partial charge in [-0.15, -0.1) is 0 Å². The second-order valence-corrected chi connectivity index (χ2v) is 4.44. The third-order valence-electron chi connectivity index (χ3n) is 2.92. The zero-order valence-corrected chi connectivity index (χ0v) is 11.7. The number of benzene rings is 1. The minimum atomic E-state index is -0.409. The summed E-state index contributed by atoms with van der Waals surface area (Å²) in [5.74, 6) is 0.363. The normalized spacial score (nSPS) is 12.9. The number of rotatable bonds is 5. The van der Waals surface area contributed by atoms with E-state index in [1.54, 1.807) is 19.2 Å². The highest BCUT2D eigenvalue weighted by atomic mass is 16.1. The molecule has 1 unspecified atom stereocenters. The molecule has 1 amide bonds. The Bertz CT molecular complexity index is 439. The van der Waals surface area contributed by atoms with Crippen LogP contribution in [0.25, 0.3) is 0 Å². The molecule has 0 spiro atoms. The molecule has 104 valence electrons. The van der Waals surface area contributed by atoms with Gasteiger partial charge >= 0.3 is 0 Å². The lowest BCUT2D eigenvalue weighted by molar-refractivity contribution is 0.100. The Hall–Kier alpha value is -2.04. The van der Waals surface area contributed by atoms with Gasteiger partial charge in [-0.2, -0.15) is 0 Å². The number of carbonyl (C=O) groups is 1. The number of hydrogen-bond acceptors (Lipinski definition) is 2. The van der Waals surface area contributed by atoms with Gasteiger partial charge in [-0.1, -0.05) is 19.1 Å². The van der Waals surface area contributed by atoms with Crippen molar-refractivity contribution in [3.05, 3.63) is 35.4 Å². The Morgan fingerprint density at radius 2 is 2.00 bits per heavy atom. The van der Waals surface area contributed by atoms with Crippen LogP contribution in [0.3, 0.4) is 0 Å². The zero-order chi connectivity index (χ0) is 14.3. The Balaban J connectivity index is 2.53. The lowest BCUT2D eigenvalue weighted by Crippen LogP contribution is -2.41. The van der Waals surface area contributed by atoms with Crippen molar-refractivity contribution in [3.8, 4) is 0 Å². The van der Waals surface area contributed by atoms with E-state index < -0.39 is 5.91 Å². The minimum absolute atomic E-state index is 0.378. The van der Waals surface area contributed by atoms with Crippen LogP contribution in [0.1, 0.15) is 36.2 Å². The van der Waals surface area contributed by atoms with Crippen LogP contribution in [0.5, 0.6) is 0 Å². The van der Waals surface area contributed by atoms with E-state index in [2.05, 4.69) is 29.5 Å². The zero-order valence-electron chi connectivity index (χ0n) is 11.7. The molecule has 1 aromatic carbocycles. The van der Waals surface area contributed by atoms with E-state index in [0.29, 0.717) is 18.2 Å². The molecular weight excluding hydrogens is 240 g/mol. The van der Waals surface area contributed by atoms with Crippen LogP contribution < -0.4 is 16.4 Å². The third kappa shape index (κ3) is 4.99. The lowest BCUT2D eigenvalue weighted by Gasteiger charge is -2.16. The molecule has 5 nitrogen and oxygen atoms in total. The van der Waals surface area contributed by atoms with Gasteiger partial charge in [0.15, 0.2) is 5.96 Å². The van der Waals surface area contributed by atoms with E-state index in [0.717, 1.165) is 17.9 Å². The van der Waals surface area contributed by atoms with Gasteiger partial charge in [0.2, 0.25) is 5.91 Å². The van der Waals surface area contributed by atoms with Crippen LogP contribution in [-0.4, -0.2) is 25.0 Å². The number of amides is 1. The van der Waals surface area contributed by atoms with Crippen molar-refractivity contribution in [2.75, 3.05) is 7.05 Å². The average Bonchev–Trinajstić information content (AvgIpc) is 2.43. The van der Waals surface area contributed by atoms with Gasteiger partial charge in [0, 0.05) is 25.2 Å². The SMILES string of the molecule is CCC(C)NC(=NC)NCc1ccc(C(N)=O)cc1. The van der Waals surface area contributed by atoms with Crippen molar-refractivity contribution in [3.63, 3.8) is 0 Å². The van der Waals surface area contributed by atoms with Crippen LogP contribution in [0.4, 0.5) is 0 Å². The minimum Gasteiger partial charge on any atom is -0.366 e. The maximum Gasteiger partial charge on any atom is 0.248 e. The molecule has 0 aromatic heterocycles. The van der Waals surface area contributed by atoms with Crippen LogP contribution >= 0.6 is 0 Å². The molecule has 0 bridgehead atoms. The predicted octanol–water partition coefficient (Wildman–Crippen LogP) is 1.25. The van der Waals surface area contributed by atoms with E-state index in [-0.39, 0.29) is 0 Å². The van der Waals surface area contributed by atoms with Crippen molar-refractivity contribution in [2.24, 2.45) is 10.7 Å². The van der Waals surface area contributed by atoms with Crippen LogP contribution in [0, 0.1) is 0 Å². The van der Waals surface area contributed by atoms with E-state index in [9.17, 15) is 4.79 Å². The Morgan fingerprint density at radius 3 is 2.47 bits per heavy atom. The first-order chi connectivity index (χ1) is 9.06. The smallest absolute Gasteiger partial charge is 0.248 e. The van der Waals surface area contributed by atoms with E-state index in [4.69, 9.17) is 5.73 Å². The lowest BCUT2D eigenvalue weighted by atomic mass is 10.1. The Kier molecular flexibility index (Phi) is 5.85. The summed E-state index contributed by atoms with van der Waals surface area (Å²) in [5, 5.41) is 6.50. The third-order valence-corrected chi connectivity index (χ3v) is 2.92. The summed E-state index contributed by atoms with van der Waals surface area (Å²) in [6.45, 7) is 4.87. The first-order valence-electron chi connectivity index (χ1n) is 6.42. The first-order valence-corrected chi connectivity index (χ1v) is 6.42. The van der Waals surface area contributed by atoms with Gasteiger partial charge < -0.3 is 16.4 Å². The summed E-state index contributed by atoms with van der Waals surface area (Å²) >= 11 is 0. The maximum atomic E-state index is 11.0. The first kappa shape index (κ1) is 15.0. The molecule has 0 saturated heterocycles. The molecule has 0 heterocycles. The number of primary amides is 1. The monoisotopic (exact) mass is 262 g/mol. The fourth-order valence-corrected chi connectivity index (χ4v) is 1.50. The standard InChI is InChI=1S/C14H22N4O/c1-4-10(2)18-14(16-3)17-9-11-5-7-12(8-6-11)13(15)19/h5-8,10H,4,9H2,1-3H3,(H2,15,19)(H2,16,17,18). The van der Waals surface area contributed by atoms with Gasteiger partial charge in [0.1, 0.15) is 0 Å².